The van der Waals surface area contributed by atoms with Crippen molar-refractivity contribution in [2.75, 3.05) is 12.4 Å². The van der Waals surface area contributed by atoms with Crippen molar-refractivity contribution in [2.45, 2.75) is 0 Å². The van der Waals surface area contributed by atoms with E-state index in [1.54, 1.807) is 17.5 Å². The molecule has 0 saturated heterocycles. The van der Waals surface area contributed by atoms with Crippen LogP contribution >= 0.6 is 11.3 Å². The number of pyridine rings is 1. The maximum absolute atomic E-state index is 4.32. The number of benzene rings is 1. The predicted octanol–water partition coefficient (Wildman–Crippen LogP) is 3.40. The van der Waals surface area contributed by atoms with Gasteiger partial charge in [0.2, 0.25) is 0 Å². The number of hydrogen-bond acceptors (Lipinski definition) is 4. The Morgan fingerprint density at radius 1 is 1.18 bits per heavy atom. The number of hydrogen-bond donors (Lipinski definition) is 1. The molecule has 4 heteroatoms. The Morgan fingerprint density at radius 3 is 3.00 bits per heavy atom. The highest BCUT2D eigenvalue weighted by Gasteiger charge is 2.06. The van der Waals surface area contributed by atoms with Gasteiger partial charge in [-0.3, -0.25) is 0 Å². The number of fused-ring (bicyclic) bond motifs is 1. The van der Waals surface area contributed by atoms with Crippen LogP contribution in [0.1, 0.15) is 0 Å². The summed E-state index contributed by atoms with van der Waals surface area (Å²) in [6, 6.07) is 10.3. The topological polar surface area (TPSA) is 37.8 Å². The van der Waals surface area contributed by atoms with Gasteiger partial charge in [-0.2, -0.15) is 0 Å². The monoisotopic (exact) mass is 241 g/mol. The van der Waals surface area contributed by atoms with Gasteiger partial charge in [0.25, 0.3) is 0 Å². The smallest absolute Gasteiger partial charge is 0.133 e. The van der Waals surface area contributed by atoms with Gasteiger partial charge < -0.3 is 5.32 Å². The van der Waals surface area contributed by atoms with Crippen molar-refractivity contribution < 1.29 is 0 Å². The van der Waals surface area contributed by atoms with Gasteiger partial charge in [0, 0.05) is 18.8 Å². The van der Waals surface area contributed by atoms with Crippen LogP contribution in [0.4, 0.5) is 5.82 Å². The van der Waals surface area contributed by atoms with Crippen LogP contribution in [-0.2, 0) is 0 Å². The molecule has 84 valence electrons. The number of nitrogens with one attached hydrogen (secondary N) is 1. The Hall–Kier alpha value is -1.94. The highest BCUT2D eigenvalue weighted by molar-refractivity contribution is 7.16. The lowest BCUT2D eigenvalue weighted by atomic mass is 10.1. The van der Waals surface area contributed by atoms with Crippen LogP contribution in [0.25, 0.3) is 21.3 Å². The molecule has 0 aliphatic heterocycles. The van der Waals surface area contributed by atoms with E-state index in [-0.39, 0.29) is 0 Å². The molecule has 0 saturated carbocycles. The zero-order chi connectivity index (χ0) is 11.7. The van der Waals surface area contributed by atoms with Gasteiger partial charge in [-0.05, 0) is 29.8 Å². The van der Waals surface area contributed by atoms with E-state index >= 15 is 0 Å². The van der Waals surface area contributed by atoms with E-state index in [0.717, 1.165) is 16.9 Å². The quantitative estimate of drug-likeness (QED) is 0.747. The van der Waals surface area contributed by atoms with E-state index in [4.69, 9.17) is 0 Å². The van der Waals surface area contributed by atoms with Crippen molar-refractivity contribution in [1.82, 2.24) is 9.97 Å². The summed E-state index contributed by atoms with van der Waals surface area (Å²) in [5.74, 6) is 0.899. The molecule has 0 aliphatic carbocycles. The molecular formula is C13H11N3S. The number of rotatable bonds is 2. The average molecular weight is 241 g/mol. The van der Waals surface area contributed by atoms with Gasteiger partial charge >= 0.3 is 0 Å². The molecule has 0 aliphatic rings. The summed E-state index contributed by atoms with van der Waals surface area (Å²) in [7, 11) is 1.89. The number of aromatic nitrogens is 2. The molecule has 2 aromatic heterocycles. The van der Waals surface area contributed by atoms with Crippen molar-refractivity contribution >= 4 is 27.4 Å². The molecule has 0 spiro atoms. The molecule has 0 unspecified atom stereocenters. The van der Waals surface area contributed by atoms with Gasteiger partial charge in [0.05, 0.1) is 15.7 Å². The molecule has 0 bridgehead atoms. The molecular weight excluding hydrogens is 230 g/mol. The molecule has 3 nitrogen and oxygen atoms in total. The zero-order valence-corrected chi connectivity index (χ0v) is 10.2. The van der Waals surface area contributed by atoms with Crippen LogP contribution in [0.15, 0.2) is 42.0 Å². The van der Waals surface area contributed by atoms with Crippen LogP contribution in [0.3, 0.4) is 0 Å². The number of anilines is 1. The fourth-order valence-electron chi connectivity index (χ4n) is 1.86. The fourth-order valence-corrected chi connectivity index (χ4v) is 2.58. The normalized spacial score (nSPS) is 10.6. The zero-order valence-electron chi connectivity index (χ0n) is 9.34. The first-order valence-electron chi connectivity index (χ1n) is 5.35. The average Bonchev–Trinajstić information content (AvgIpc) is 2.85. The molecule has 1 aromatic carbocycles. The van der Waals surface area contributed by atoms with Crippen molar-refractivity contribution in [3.05, 3.63) is 42.0 Å². The Labute approximate surface area is 103 Å². The molecule has 2 heterocycles. The standard InChI is InChI=1S/C13H11N3S/c1-14-13-10(3-2-6-15-13)9-4-5-11-12(7-9)17-8-16-11/h2-8H,1H3,(H,14,15). The van der Waals surface area contributed by atoms with E-state index in [0.29, 0.717) is 0 Å². The van der Waals surface area contributed by atoms with Crippen LogP contribution < -0.4 is 5.32 Å². The molecule has 0 amide bonds. The first kappa shape index (κ1) is 10.2. The summed E-state index contributed by atoms with van der Waals surface area (Å²) in [4.78, 5) is 8.60. The van der Waals surface area contributed by atoms with Gasteiger partial charge in [0.1, 0.15) is 5.82 Å². The maximum Gasteiger partial charge on any atom is 0.133 e. The molecule has 3 rings (SSSR count). The minimum Gasteiger partial charge on any atom is -0.373 e. The number of thiazole rings is 1. The Balaban J connectivity index is 2.19. The van der Waals surface area contributed by atoms with E-state index < -0.39 is 0 Å². The molecule has 0 radical (unpaired) electrons. The van der Waals surface area contributed by atoms with E-state index in [1.807, 2.05) is 24.7 Å². The first-order valence-corrected chi connectivity index (χ1v) is 6.23. The summed E-state index contributed by atoms with van der Waals surface area (Å²) >= 11 is 1.66. The molecule has 0 atom stereocenters. The van der Waals surface area contributed by atoms with Crippen molar-refractivity contribution in [3.8, 4) is 11.1 Å². The molecule has 1 N–H and O–H groups in total. The summed E-state index contributed by atoms with van der Waals surface area (Å²) in [5, 5.41) is 3.11. The third-order valence-corrected chi connectivity index (χ3v) is 3.48. The van der Waals surface area contributed by atoms with E-state index in [1.165, 1.54) is 10.3 Å². The fraction of sp³-hybridized carbons (Fsp3) is 0.0769. The summed E-state index contributed by atoms with van der Waals surface area (Å²) < 4.78 is 1.20. The van der Waals surface area contributed by atoms with Crippen molar-refractivity contribution in [1.29, 1.82) is 0 Å². The Bertz CT molecular complexity index is 660. The van der Waals surface area contributed by atoms with Crippen LogP contribution in [0.5, 0.6) is 0 Å². The second-order valence-corrected chi connectivity index (χ2v) is 4.57. The van der Waals surface area contributed by atoms with Gasteiger partial charge in [-0.1, -0.05) is 6.07 Å². The second kappa shape index (κ2) is 4.14. The van der Waals surface area contributed by atoms with Crippen LogP contribution in [0, 0.1) is 0 Å². The number of nitrogens with zero attached hydrogens (tertiary/aromatic N) is 2. The van der Waals surface area contributed by atoms with Crippen LogP contribution in [-0.4, -0.2) is 17.0 Å². The lowest BCUT2D eigenvalue weighted by Gasteiger charge is -2.07. The summed E-state index contributed by atoms with van der Waals surface area (Å²) in [6.45, 7) is 0. The maximum atomic E-state index is 4.32. The molecule has 3 aromatic rings. The first-order chi connectivity index (χ1) is 8.38. The summed E-state index contributed by atoms with van der Waals surface area (Å²) in [5.41, 5.74) is 5.20. The SMILES string of the molecule is CNc1ncccc1-c1ccc2ncsc2c1. The molecule has 0 fully saturated rings. The van der Waals surface area contributed by atoms with Crippen LogP contribution in [0.2, 0.25) is 0 Å². The predicted molar refractivity (Wildman–Crippen MR) is 72.4 cm³/mol. The summed E-state index contributed by atoms with van der Waals surface area (Å²) in [6.07, 6.45) is 1.79. The van der Waals surface area contributed by atoms with Crippen molar-refractivity contribution in [3.63, 3.8) is 0 Å². The Morgan fingerprint density at radius 2 is 2.12 bits per heavy atom. The van der Waals surface area contributed by atoms with Gasteiger partial charge in [-0.15, -0.1) is 11.3 Å². The highest BCUT2D eigenvalue weighted by Crippen LogP contribution is 2.29. The largest absolute Gasteiger partial charge is 0.373 e. The molecule has 17 heavy (non-hydrogen) atoms. The lowest BCUT2D eigenvalue weighted by molar-refractivity contribution is 1.29. The third kappa shape index (κ3) is 1.76. The lowest BCUT2D eigenvalue weighted by Crippen LogP contribution is -1.94. The van der Waals surface area contributed by atoms with Gasteiger partial charge in [-0.25, -0.2) is 9.97 Å². The Kier molecular flexibility index (Phi) is 2.49. The minimum absolute atomic E-state index is 0.899. The van der Waals surface area contributed by atoms with E-state index in [2.05, 4.69) is 33.5 Å². The third-order valence-electron chi connectivity index (χ3n) is 2.69. The van der Waals surface area contributed by atoms with Crippen molar-refractivity contribution in [2.24, 2.45) is 0 Å². The van der Waals surface area contributed by atoms with Gasteiger partial charge in [0.15, 0.2) is 0 Å². The minimum atomic E-state index is 0.899. The second-order valence-electron chi connectivity index (χ2n) is 3.68. The van der Waals surface area contributed by atoms with E-state index in [9.17, 15) is 0 Å². The highest BCUT2D eigenvalue weighted by atomic mass is 32.1.